The van der Waals surface area contributed by atoms with Gasteiger partial charge in [0.25, 0.3) is 0 Å². The molecule has 0 rings (SSSR count). The maximum atomic E-state index is 11.3. The van der Waals surface area contributed by atoms with Crippen LogP contribution in [-0.2, 0) is 14.8 Å². The highest BCUT2D eigenvalue weighted by molar-refractivity contribution is 7.89. The van der Waals surface area contributed by atoms with Crippen LogP contribution >= 0.6 is 0 Å². The first-order chi connectivity index (χ1) is 7.48. The molecule has 0 heterocycles. The zero-order valence-corrected chi connectivity index (χ0v) is 11.1. The third-order valence-corrected chi connectivity index (χ3v) is 3.50. The smallest absolute Gasteiger partial charge is 0.211 e. The summed E-state index contributed by atoms with van der Waals surface area (Å²) in [6.07, 6.45) is 1.49. The fraction of sp³-hybridized carbons (Fsp3) is 1.00. The van der Waals surface area contributed by atoms with Crippen LogP contribution in [0.15, 0.2) is 0 Å². The zero-order chi connectivity index (χ0) is 12.4. The highest BCUT2D eigenvalue weighted by Crippen LogP contribution is 1.98. The Labute approximate surface area is 98.8 Å². The van der Waals surface area contributed by atoms with Gasteiger partial charge in [0.2, 0.25) is 10.0 Å². The summed E-state index contributed by atoms with van der Waals surface area (Å²) >= 11 is 0. The van der Waals surface area contributed by atoms with Crippen molar-refractivity contribution in [1.82, 2.24) is 4.72 Å². The van der Waals surface area contributed by atoms with Crippen molar-refractivity contribution in [2.45, 2.75) is 26.7 Å². The summed E-state index contributed by atoms with van der Waals surface area (Å²) in [7, 11) is -3.16. The fourth-order valence-corrected chi connectivity index (χ4v) is 2.12. The number of hydrogen-bond donors (Lipinski definition) is 2. The average Bonchev–Trinajstić information content (AvgIpc) is 2.20. The van der Waals surface area contributed by atoms with Gasteiger partial charge in [-0.25, -0.2) is 13.1 Å². The second kappa shape index (κ2) is 8.92. The Morgan fingerprint density at radius 1 is 1.31 bits per heavy atom. The molecule has 0 unspecified atom stereocenters. The molecule has 0 fully saturated rings. The van der Waals surface area contributed by atoms with E-state index in [1.54, 1.807) is 0 Å². The number of ether oxygens (including phenoxy) is 1. The monoisotopic (exact) mass is 252 g/mol. The molecule has 0 bridgehead atoms. The molecule has 5 nitrogen and oxygen atoms in total. The Balaban J connectivity index is 3.43. The molecule has 0 aliphatic carbocycles. The number of nitrogens with two attached hydrogens (primary N) is 1. The lowest BCUT2D eigenvalue weighted by Gasteiger charge is -2.08. The Morgan fingerprint density at radius 2 is 2.00 bits per heavy atom. The molecule has 0 atom stereocenters. The van der Waals surface area contributed by atoms with E-state index >= 15 is 0 Å². The molecule has 0 radical (unpaired) electrons. The van der Waals surface area contributed by atoms with Crippen LogP contribution < -0.4 is 10.5 Å². The topological polar surface area (TPSA) is 81.4 Å². The standard InChI is InChI=1S/C10H24N2O3S/c1-10(2)4-7-15-8-6-12-16(13,14)9-3-5-11/h10,12H,3-9,11H2,1-2H3. The predicted octanol–water partition coefficient (Wildman–Crippen LogP) is 0.317. The normalized spacial score (nSPS) is 12.2. The molecule has 0 aromatic carbocycles. The molecule has 98 valence electrons. The van der Waals surface area contributed by atoms with Crippen molar-refractivity contribution >= 4 is 10.0 Å². The fourth-order valence-electron chi connectivity index (χ4n) is 1.04. The van der Waals surface area contributed by atoms with Crippen molar-refractivity contribution in [3.05, 3.63) is 0 Å². The van der Waals surface area contributed by atoms with Crippen LogP contribution in [0, 0.1) is 5.92 Å². The van der Waals surface area contributed by atoms with Crippen molar-refractivity contribution < 1.29 is 13.2 Å². The highest BCUT2D eigenvalue weighted by atomic mass is 32.2. The molecular formula is C10H24N2O3S. The molecule has 0 aliphatic rings. The van der Waals surface area contributed by atoms with Gasteiger partial charge in [0, 0.05) is 13.2 Å². The van der Waals surface area contributed by atoms with Crippen LogP contribution in [0.1, 0.15) is 26.7 Å². The predicted molar refractivity (Wildman–Crippen MR) is 65.7 cm³/mol. The largest absolute Gasteiger partial charge is 0.380 e. The van der Waals surface area contributed by atoms with E-state index < -0.39 is 10.0 Å². The van der Waals surface area contributed by atoms with Gasteiger partial charge in [0.15, 0.2) is 0 Å². The minimum atomic E-state index is -3.16. The number of hydrogen-bond acceptors (Lipinski definition) is 4. The van der Waals surface area contributed by atoms with Crippen LogP contribution in [0.3, 0.4) is 0 Å². The number of rotatable bonds is 10. The van der Waals surface area contributed by atoms with Gasteiger partial charge in [-0.3, -0.25) is 0 Å². The highest BCUT2D eigenvalue weighted by Gasteiger charge is 2.07. The van der Waals surface area contributed by atoms with E-state index in [9.17, 15) is 8.42 Å². The summed E-state index contributed by atoms with van der Waals surface area (Å²) < 4.78 is 30.4. The third kappa shape index (κ3) is 10.4. The van der Waals surface area contributed by atoms with E-state index in [2.05, 4.69) is 18.6 Å². The van der Waals surface area contributed by atoms with Gasteiger partial charge in [0.05, 0.1) is 12.4 Å². The van der Waals surface area contributed by atoms with Gasteiger partial charge in [0.1, 0.15) is 0 Å². The number of sulfonamides is 1. The molecule has 6 heteroatoms. The zero-order valence-electron chi connectivity index (χ0n) is 10.2. The first kappa shape index (κ1) is 15.8. The molecular weight excluding hydrogens is 228 g/mol. The lowest BCUT2D eigenvalue weighted by atomic mass is 10.1. The van der Waals surface area contributed by atoms with E-state index in [0.29, 0.717) is 38.6 Å². The van der Waals surface area contributed by atoms with Crippen LogP contribution in [0.2, 0.25) is 0 Å². The van der Waals surface area contributed by atoms with Crippen molar-refractivity contribution in [1.29, 1.82) is 0 Å². The molecule has 0 aliphatic heterocycles. The van der Waals surface area contributed by atoms with Crippen molar-refractivity contribution in [3.63, 3.8) is 0 Å². The maximum absolute atomic E-state index is 11.3. The molecule has 0 saturated carbocycles. The quantitative estimate of drug-likeness (QED) is 0.549. The van der Waals surface area contributed by atoms with E-state index in [1.165, 1.54) is 0 Å². The summed E-state index contributed by atoms with van der Waals surface area (Å²) in [6, 6.07) is 0. The van der Waals surface area contributed by atoms with E-state index in [4.69, 9.17) is 10.5 Å². The first-order valence-electron chi connectivity index (χ1n) is 5.73. The second-order valence-corrected chi connectivity index (χ2v) is 6.08. The van der Waals surface area contributed by atoms with E-state index in [0.717, 1.165) is 6.42 Å². The van der Waals surface area contributed by atoms with Gasteiger partial charge < -0.3 is 10.5 Å². The number of nitrogens with one attached hydrogen (secondary N) is 1. The average molecular weight is 252 g/mol. The van der Waals surface area contributed by atoms with Crippen LogP contribution in [0.4, 0.5) is 0 Å². The van der Waals surface area contributed by atoms with Crippen molar-refractivity contribution in [2.24, 2.45) is 11.7 Å². The first-order valence-corrected chi connectivity index (χ1v) is 7.38. The maximum Gasteiger partial charge on any atom is 0.211 e. The van der Waals surface area contributed by atoms with Gasteiger partial charge in [-0.15, -0.1) is 0 Å². The SMILES string of the molecule is CC(C)CCOCCNS(=O)(=O)CCCN. The van der Waals surface area contributed by atoms with Crippen LogP contribution in [0.5, 0.6) is 0 Å². The van der Waals surface area contributed by atoms with E-state index in [-0.39, 0.29) is 5.75 Å². The summed E-state index contributed by atoms with van der Waals surface area (Å²) in [5.41, 5.74) is 5.24. The van der Waals surface area contributed by atoms with Crippen molar-refractivity contribution in [3.8, 4) is 0 Å². The van der Waals surface area contributed by atoms with Gasteiger partial charge in [-0.2, -0.15) is 0 Å². The van der Waals surface area contributed by atoms with Gasteiger partial charge in [-0.05, 0) is 25.3 Å². The van der Waals surface area contributed by atoms with E-state index in [1.807, 2.05) is 0 Å². The van der Waals surface area contributed by atoms with Crippen LogP contribution in [0.25, 0.3) is 0 Å². The molecule has 0 saturated heterocycles. The minimum absolute atomic E-state index is 0.0928. The van der Waals surface area contributed by atoms with Gasteiger partial charge in [-0.1, -0.05) is 13.8 Å². The molecule has 0 aromatic heterocycles. The molecule has 16 heavy (non-hydrogen) atoms. The lowest BCUT2D eigenvalue weighted by Crippen LogP contribution is -2.30. The molecule has 0 spiro atoms. The molecule has 0 amide bonds. The summed E-state index contributed by atoms with van der Waals surface area (Å²) in [6.45, 7) is 6.09. The Hall–Kier alpha value is -0.170. The molecule has 3 N–H and O–H groups in total. The van der Waals surface area contributed by atoms with Crippen LogP contribution in [-0.4, -0.2) is 40.5 Å². The Morgan fingerprint density at radius 3 is 2.56 bits per heavy atom. The Bertz CT molecular complexity index is 253. The third-order valence-electron chi connectivity index (χ3n) is 2.03. The summed E-state index contributed by atoms with van der Waals surface area (Å²) in [4.78, 5) is 0. The summed E-state index contributed by atoms with van der Waals surface area (Å²) in [5.74, 6) is 0.705. The van der Waals surface area contributed by atoms with Gasteiger partial charge >= 0.3 is 0 Å². The lowest BCUT2D eigenvalue weighted by molar-refractivity contribution is 0.128. The Kier molecular flexibility index (Phi) is 8.83. The summed E-state index contributed by atoms with van der Waals surface area (Å²) in [5, 5.41) is 0. The van der Waals surface area contributed by atoms with Crippen molar-refractivity contribution in [2.75, 3.05) is 32.1 Å². The molecule has 0 aromatic rings. The minimum Gasteiger partial charge on any atom is -0.380 e. The second-order valence-electron chi connectivity index (χ2n) is 4.15.